The van der Waals surface area contributed by atoms with Gasteiger partial charge in [-0.1, -0.05) is 106 Å². The van der Waals surface area contributed by atoms with Gasteiger partial charge in [0.1, 0.15) is 11.5 Å². The Labute approximate surface area is 298 Å². The molecule has 0 amide bonds. The predicted octanol–water partition coefficient (Wildman–Crippen LogP) is 9.19. The quantitative estimate of drug-likeness (QED) is 0.140. The molecule has 5 heteroatoms. The van der Waals surface area contributed by atoms with Gasteiger partial charge in [0.2, 0.25) is 10.0 Å². The number of ether oxygens (including phenoxy) is 1. The molecule has 258 valence electrons. The maximum atomic E-state index is 14.1. The summed E-state index contributed by atoms with van der Waals surface area (Å²) in [7, 11) is -3.81. The van der Waals surface area contributed by atoms with Crippen molar-refractivity contribution < 1.29 is 13.2 Å². The van der Waals surface area contributed by atoms with Crippen LogP contribution >= 0.6 is 0 Å². The molecule has 0 radical (unpaired) electrons. The van der Waals surface area contributed by atoms with Crippen molar-refractivity contribution in [3.05, 3.63) is 158 Å². The Kier molecular flexibility index (Phi) is 10.8. The van der Waals surface area contributed by atoms with Gasteiger partial charge in [-0.3, -0.25) is 0 Å². The van der Waals surface area contributed by atoms with Crippen LogP contribution in [0, 0.1) is 33.6 Å². The van der Waals surface area contributed by atoms with E-state index >= 15 is 0 Å². The summed E-state index contributed by atoms with van der Waals surface area (Å²) < 4.78 is 37.9. The Morgan fingerprint density at radius 3 is 2.14 bits per heavy atom. The number of unbranched alkanes of at least 4 members (excludes halogenated alkanes) is 1. The van der Waals surface area contributed by atoms with Crippen molar-refractivity contribution in [2.75, 3.05) is 6.54 Å². The summed E-state index contributed by atoms with van der Waals surface area (Å²) in [4.78, 5) is 0.282. The number of hydrogen-bond acceptors (Lipinski definition) is 3. The number of rotatable bonds is 12. The second-order valence-corrected chi connectivity index (χ2v) is 15.6. The summed E-state index contributed by atoms with van der Waals surface area (Å²) in [5.74, 6) is 1.74. The standard InChI is InChI=1S/C45H49NO3S/c1-7-9-18-34(8-2)29-46-50(47,48)44-20-11-10-19-39(44)45-37-23-21-35(25-40-30(3)14-12-15-31(40)4)27-42(37)49-43-28-36(22-24-38(43)45)26-41-32(5)16-13-17-33(41)6/h10-17,19-25,27-28,34,46H,7-9,18,26,29H2,1-6H3/b35-25+. The third kappa shape index (κ3) is 7.50. The van der Waals surface area contributed by atoms with E-state index < -0.39 is 10.0 Å². The number of fused-ring (bicyclic) bond motifs is 2. The molecule has 0 bridgehead atoms. The SMILES string of the molecule is CCCCC(CC)CNS(=O)(=O)c1ccccc1C1=c2cc/c(=C\c3c(C)cccc3C)cc2Oc2cc(Cc3c(C)cccc3C)ccc21. The second-order valence-electron chi connectivity index (χ2n) is 13.8. The summed E-state index contributed by atoms with van der Waals surface area (Å²) in [6.07, 6.45) is 7.12. The van der Waals surface area contributed by atoms with Crippen LogP contribution in [0.15, 0.2) is 102 Å². The van der Waals surface area contributed by atoms with Crippen molar-refractivity contribution in [3.63, 3.8) is 0 Å². The summed E-state index contributed by atoms with van der Waals surface area (Å²) in [5, 5.41) is 1.89. The molecule has 5 aromatic rings. The summed E-state index contributed by atoms with van der Waals surface area (Å²) in [6.45, 7) is 13.3. The molecule has 0 aliphatic carbocycles. The van der Waals surface area contributed by atoms with Crippen LogP contribution in [0.3, 0.4) is 0 Å². The van der Waals surface area contributed by atoms with E-state index in [1.165, 1.54) is 33.4 Å². The fraction of sp³-hybridized carbons (Fsp3) is 0.289. The summed E-state index contributed by atoms with van der Waals surface area (Å²) >= 11 is 0. The smallest absolute Gasteiger partial charge is 0.241 e. The Bertz CT molecular complexity index is 2230. The highest BCUT2D eigenvalue weighted by Gasteiger charge is 2.27. The number of aryl methyl sites for hydroxylation is 4. The third-order valence-corrected chi connectivity index (χ3v) is 11.7. The molecule has 0 fully saturated rings. The lowest BCUT2D eigenvalue weighted by Crippen LogP contribution is -2.30. The van der Waals surface area contributed by atoms with Crippen molar-refractivity contribution in [1.82, 2.24) is 4.72 Å². The minimum Gasteiger partial charge on any atom is -0.456 e. The van der Waals surface area contributed by atoms with E-state index in [0.717, 1.165) is 65.0 Å². The topological polar surface area (TPSA) is 55.4 Å². The van der Waals surface area contributed by atoms with Crippen LogP contribution < -0.4 is 19.9 Å². The first-order valence-electron chi connectivity index (χ1n) is 18.0. The molecule has 0 saturated carbocycles. The van der Waals surface area contributed by atoms with Gasteiger partial charge in [-0.15, -0.1) is 0 Å². The van der Waals surface area contributed by atoms with Gasteiger partial charge in [0.25, 0.3) is 0 Å². The first-order chi connectivity index (χ1) is 24.1. The molecular weight excluding hydrogens is 635 g/mol. The highest BCUT2D eigenvalue weighted by atomic mass is 32.2. The molecule has 0 spiro atoms. The lowest BCUT2D eigenvalue weighted by molar-refractivity contribution is 0.443. The molecule has 5 aromatic carbocycles. The van der Waals surface area contributed by atoms with Crippen molar-refractivity contribution in [2.45, 2.75) is 78.5 Å². The Morgan fingerprint density at radius 1 is 0.740 bits per heavy atom. The van der Waals surface area contributed by atoms with Gasteiger partial charge >= 0.3 is 0 Å². The molecule has 50 heavy (non-hydrogen) atoms. The highest BCUT2D eigenvalue weighted by Crippen LogP contribution is 2.39. The molecule has 6 rings (SSSR count). The largest absolute Gasteiger partial charge is 0.456 e. The van der Waals surface area contributed by atoms with Crippen LogP contribution in [0.2, 0.25) is 0 Å². The number of nitrogens with one attached hydrogen (secondary N) is 1. The minimum absolute atomic E-state index is 0.282. The zero-order valence-electron chi connectivity index (χ0n) is 30.3. The lowest BCUT2D eigenvalue weighted by atomic mass is 9.90. The fourth-order valence-corrected chi connectivity index (χ4v) is 8.48. The number of sulfonamides is 1. The van der Waals surface area contributed by atoms with E-state index in [4.69, 9.17) is 4.74 Å². The van der Waals surface area contributed by atoms with Gasteiger partial charge in [0.15, 0.2) is 0 Å². The van der Waals surface area contributed by atoms with Crippen molar-refractivity contribution in [1.29, 1.82) is 0 Å². The normalized spacial score (nSPS) is 13.5. The van der Waals surface area contributed by atoms with Crippen LogP contribution in [0.5, 0.6) is 11.5 Å². The van der Waals surface area contributed by atoms with Crippen LogP contribution in [0.25, 0.3) is 11.6 Å². The Hall–Kier alpha value is -4.45. The maximum absolute atomic E-state index is 14.1. The third-order valence-electron chi connectivity index (χ3n) is 10.2. The Morgan fingerprint density at radius 2 is 1.44 bits per heavy atom. The van der Waals surface area contributed by atoms with E-state index in [1.54, 1.807) is 6.07 Å². The first-order valence-corrected chi connectivity index (χ1v) is 19.5. The summed E-state index contributed by atoms with van der Waals surface area (Å²) in [5.41, 5.74) is 11.0. The molecule has 4 nitrogen and oxygen atoms in total. The first kappa shape index (κ1) is 35.4. The predicted molar refractivity (Wildman–Crippen MR) is 207 cm³/mol. The van der Waals surface area contributed by atoms with Crippen LogP contribution in [-0.2, 0) is 16.4 Å². The zero-order chi connectivity index (χ0) is 35.4. The molecule has 1 unspecified atom stereocenters. The molecule has 1 aliphatic heterocycles. The Balaban J connectivity index is 1.51. The number of benzene rings is 5. The monoisotopic (exact) mass is 683 g/mol. The maximum Gasteiger partial charge on any atom is 0.241 e. The van der Waals surface area contributed by atoms with Crippen LogP contribution in [-0.4, -0.2) is 15.0 Å². The molecule has 1 atom stereocenters. The van der Waals surface area contributed by atoms with E-state index in [0.29, 0.717) is 23.8 Å². The van der Waals surface area contributed by atoms with Gasteiger partial charge in [0, 0.05) is 28.5 Å². The van der Waals surface area contributed by atoms with Crippen molar-refractivity contribution >= 4 is 21.7 Å². The summed E-state index contributed by atoms with van der Waals surface area (Å²) in [6, 6.07) is 32.8. The van der Waals surface area contributed by atoms with Crippen molar-refractivity contribution in [2.24, 2.45) is 5.92 Å². The van der Waals surface area contributed by atoms with E-state index in [1.807, 2.05) is 18.2 Å². The van der Waals surface area contributed by atoms with E-state index in [-0.39, 0.29) is 4.90 Å². The van der Waals surface area contributed by atoms with Gasteiger partial charge in [-0.25, -0.2) is 13.1 Å². The number of hydrogen-bond donors (Lipinski definition) is 1. The van der Waals surface area contributed by atoms with Gasteiger partial charge in [-0.05, 0) is 121 Å². The van der Waals surface area contributed by atoms with Gasteiger partial charge in [0.05, 0.1) is 4.90 Å². The molecule has 1 heterocycles. The second kappa shape index (κ2) is 15.2. The highest BCUT2D eigenvalue weighted by molar-refractivity contribution is 7.89. The molecule has 1 N–H and O–H groups in total. The molecular formula is C45H49NO3S. The van der Waals surface area contributed by atoms with Crippen LogP contribution in [0.1, 0.15) is 89.6 Å². The minimum atomic E-state index is -3.81. The van der Waals surface area contributed by atoms with E-state index in [2.05, 4.69) is 125 Å². The lowest BCUT2D eigenvalue weighted by Gasteiger charge is -2.24. The molecule has 0 saturated heterocycles. The molecule has 1 aliphatic rings. The zero-order valence-corrected chi connectivity index (χ0v) is 31.1. The van der Waals surface area contributed by atoms with E-state index in [9.17, 15) is 8.42 Å². The molecule has 0 aromatic heterocycles. The van der Waals surface area contributed by atoms with Gasteiger partial charge < -0.3 is 4.74 Å². The van der Waals surface area contributed by atoms with Crippen LogP contribution in [0.4, 0.5) is 0 Å². The van der Waals surface area contributed by atoms with Gasteiger partial charge in [-0.2, -0.15) is 0 Å². The average molecular weight is 684 g/mol. The average Bonchev–Trinajstić information content (AvgIpc) is 3.10. The fourth-order valence-electron chi connectivity index (χ4n) is 7.15. The van der Waals surface area contributed by atoms with Crippen molar-refractivity contribution in [3.8, 4) is 11.5 Å².